The molecule has 0 spiro atoms. The summed E-state index contributed by atoms with van der Waals surface area (Å²) in [7, 11) is -2.94. The Labute approximate surface area is 117 Å². The quantitative estimate of drug-likeness (QED) is 0.922. The summed E-state index contributed by atoms with van der Waals surface area (Å²) in [6.45, 7) is 0.718. The van der Waals surface area contributed by atoms with Crippen LogP contribution in [0.5, 0.6) is 0 Å². The van der Waals surface area contributed by atoms with Crippen LogP contribution >= 0.6 is 15.9 Å². The van der Waals surface area contributed by atoms with Crippen molar-refractivity contribution in [2.45, 2.75) is 37.1 Å². The van der Waals surface area contributed by atoms with E-state index in [1.807, 2.05) is 18.2 Å². The van der Waals surface area contributed by atoms with E-state index in [2.05, 4.69) is 27.3 Å². The number of halogens is 1. The van der Waals surface area contributed by atoms with Crippen LogP contribution in [0.15, 0.2) is 28.7 Å². The minimum absolute atomic E-state index is 0.0963. The van der Waals surface area contributed by atoms with E-state index in [0.717, 1.165) is 30.3 Å². The van der Waals surface area contributed by atoms with Gasteiger partial charge in [-0.1, -0.05) is 34.5 Å². The van der Waals surface area contributed by atoms with Crippen molar-refractivity contribution in [1.82, 2.24) is 5.32 Å². The van der Waals surface area contributed by atoms with Gasteiger partial charge in [0.05, 0.1) is 5.25 Å². The molecular formula is C13H18BrNO2S. The molecule has 1 aromatic rings. The summed E-state index contributed by atoms with van der Waals surface area (Å²) in [6, 6.07) is 8.17. The highest BCUT2D eigenvalue weighted by Crippen LogP contribution is 2.25. The zero-order valence-electron chi connectivity index (χ0n) is 10.4. The molecule has 1 aromatic carbocycles. The average molecular weight is 332 g/mol. The van der Waals surface area contributed by atoms with E-state index < -0.39 is 9.84 Å². The van der Waals surface area contributed by atoms with Crippen LogP contribution in [-0.2, 0) is 16.4 Å². The van der Waals surface area contributed by atoms with Gasteiger partial charge in [-0.2, -0.15) is 0 Å². The Bertz CT molecular complexity index is 515. The van der Waals surface area contributed by atoms with Gasteiger partial charge in [0.15, 0.2) is 9.84 Å². The molecule has 18 heavy (non-hydrogen) atoms. The topological polar surface area (TPSA) is 46.2 Å². The molecule has 2 atom stereocenters. The monoisotopic (exact) mass is 331 g/mol. The van der Waals surface area contributed by atoms with Crippen LogP contribution in [0.1, 0.15) is 24.8 Å². The van der Waals surface area contributed by atoms with E-state index in [0.29, 0.717) is 0 Å². The fourth-order valence-corrected chi connectivity index (χ4v) is 4.44. The first-order valence-corrected chi connectivity index (χ1v) is 8.88. The third-order valence-electron chi connectivity index (χ3n) is 3.46. The van der Waals surface area contributed by atoms with E-state index in [1.54, 1.807) is 0 Å². The van der Waals surface area contributed by atoms with Crippen LogP contribution < -0.4 is 5.32 Å². The van der Waals surface area contributed by atoms with Crippen molar-refractivity contribution >= 4 is 25.8 Å². The maximum Gasteiger partial charge on any atom is 0.151 e. The number of rotatable bonds is 4. The van der Waals surface area contributed by atoms with E-state index in [-0.39, 0.29) is 11.3 Å². The average Bonchev–Trinajstić information content (AvgIpc) is 2.74. The van der Waals surface area contributed by atoms with Crippen molar-refractivity contribution in [3.8, 4) is 0 Å². The lowest BCUT2D eigenvalue weighted by atomic mass is 10.2. The standard InChI is InChI=1S/C13H18BrNO2S/c1-18(16,17)13-7-3-6-12(13)15-9-10-4-2-5-11(14)8-10/h2,4-5,8,12-13,15H,3,6-7,9H2,1H3. The van der Waals surface area contributed by atoms with E-state index in [9.17, 15) is 8.42 Å². The molecule has 5 heteroatoms. The fraction of sp³-hybridized carbons (Fsp3) is 0.538. The first-order chi connectivity index (χ1) is 8.47. The molecule has 0 radical (unpaired) electrons. The highest BCUT2D eigenvalue weighted by Gasteiger charge is 2.34. The summed E-state index contributed by atoms with van der Waals surface area (Å²) in [4.78, 5) is 0. The van der Waals surface area contributed by atoms with Gasteiger partial charge in [-0.15, -0.1) is 0 Å². The van der Waals surface area contributed by atoms with Crippen LogP contribution in [-0.4, -0.2) is 26.0 Å². The third kappa shape index (κ3) is 3.56. The second-order valence-electron chi connectivity index (χ2n) is 4.92. The van der Waals surface area contributed by atoms with Crippen LogP contribution in [0, 0.1) is 0 Å². The predicted molar refractivity (Wildman–Crippen MR) is 77.3 cm³/mol. The predicted octanol–water partition coefficient (Wildman–Crippen LogP) is 2.50. The van der Waals surface area contributed by atoms with Crippen molar-refractivity contribution in [3.05, 3.63) is 34.3 Å². The van der Waals surface area contributed by atoms with Crippen molar-refractivity contribution in [2.75, 3.05) is 6.26 Å². The zero-order chi connectivity index (χ0) is 13.2. The number of benzene rings is 1. The van der Waals surface area contributed by atoms with Crippen LogP contribution in [0.2, 0.25) is 0 Å². The van der Waals surface area contributed by atoms with E-state index in [4.69, 9.17) is 0 Å². The SMILES string of the molecule is CS(=O)(=O)C1CCCC1NCc1cccc(Br)c1. The van der Waals surface area contributed by atoms with Gasteiger partial charge in [-0.05, 0) is 30.5 Å². The maximum absolute atomic E-state index is 11.7. The Balaban J connectivity index is 1.98. The van der Waals surface area contributed by atoms with Crippen molar-refractivity contribution < 1.29 is 8.42 Å². The first-order valence-electron chi connectivity index (χ1n) is 6.13. The smallest absolute Gasteiger partial charge is 0.151 e. The van der Waals surface area contributed by atoms with Gasteiger partial charge >= 0.3 is 0 Å². The van der Waals surface area contributed by atoms with Gasteiger partial charge < -0.3 is 5.32 Å². The molecule has 0 aromatic heterocycles. The van der Waals surface area contributed by atoms with Crippen LogP contribution in [0.3, 0.4) is 0 Å². The van der Waals surface area contributed by atoms with Gasteiger partial charge in [0.25, 0.3) is 0 Å². The van der Waals surface area contributed by atoms with E-state index in [1.165, 1.54) is 11.8 Å². The minimum Gasteiger partial charge on any atom is -0.309 e. The molecule has 0 heterocycles. The Kier molecular flexibility index (Phi) is 4.45. The molecule has 1 aliphatic carbocycles. The molecule has 2 rings (SSSR count). The normalized spacial score (nSPS) is 24.3. The highest BCUT2D eigenvalue weighted by atomic mass is 79.9. The number of hydrogen-bond acceptors (Lipinski definition) is 3. The minimum atomic E-state index is -2.94. The molecule has 100 valence electrons. The zero-order valence-corrected chi connectivity index (χ0v) is 12.8. The summed E-state index contributed by atoms with van der Waals surface area (Å²) < 4.78 is 24.4. The van der Waals surface area contributed by atoms with Crippen LogP contribution in [0.25, 0.3) is 0 Å². The molecule has 1 aliphatic rings. The molecule has 0 saturated heterocycles. The lowest BCUT2D eigenvalue weighted by molar-refractivity contribution is 0.507. The maximum atomic E-state index is 11.7. The summed E-state index contributed by atoms with van der Waals surface area (Å²) >= 11 is 3.44. The molecule has 0 aliphatic heterocycles. The number of hydrogen-bond donors (Lipinski definition) is 1. The summed E-state index contributed by atoms with van der Waals surface area (Å²) in [5.74, 6) is 0. The molecule has 0 amide bonds. The van der Waals surface area contributed by atoms with Gasteiger partial charge in [-0.25, -0.2) is 8.42 Å². The molecule has 1 N–H and O–H groups in total. The highest BCUT2D eigenvalue weighted by molar-refractivity contribution is 9.10. The first kappa shape index (κ1) is 14.0. The van der Waals surface area contributed by atoms with Gasteiger partial charge in [0, 0.05) is 23.3 Å². The molecule has 2 unspecified atom stereocenters. The second kappa shape index (κ2) is 5.72. The van der Waals surface area contributed by atoms with Gasteiger partial charge in [-0.3, -0.25) is 0 Å². The lowest BCUT2D eigenvalue weighted by Crippen LogP contribution is -2.39. The Morgan fingerprint density at radius 1 is 1.39 bits per heavy atom. The van der Waals surface area contributed by atoms with E-state index >= 15 is 0 Å². The molecule has 1 fully saturated rings. The molecule has 0 bridgehead atoms. The molecular weight excluding hydrogens is 314 g/mol. The Morgan fingerprint density at radius 3 is 2.83 bits per heavy atom. The number of nitrogens with one attached hydrogen (secondary N) is 1. The number of sulfone groups is 1. The third-order valence-corrected chi connectivity index (χ3v) is 5.62. The van der Waals surface area contributed by atoms with Gasteiger partial charge in [0.2, 0.25) is 0 Å². The fourth-order valence-electron chi connectivity index (χ4n) is 2.57. The Hall–Kier alpha value is -0.390. The molecule has 1 saturated carbocycles. The van der Waals surface area contributed by atoms with Gasteiger partial charge in [0.1, 0.15) is 0 Å². The summed E-state index contributed by atoms with van der Waals surface area (Å²) in [5.41, 5.74) is 1.17. The van der Waals surface area contributed by atoms with Crippen molar-refractivity contribution in [1.29, 1.82) is 0 Å². The summed E-state index contributed by atoms with van der Waals surface area (Å²) in [6.07, 6.45) is 4.07. The van der Waals surface area contributed by atoms with Crippen LogP contribution in [0.4, 0.5) is 0 Å². The second-order valence-corrected chi connectivity index (χ2v) is 8.10. The summed E-state index contributed by atoms with van der Waals surface area (Å²) in [5, 5.41) is 3.16. The largest absolute Gasteiger partial charge is 0.309 e. The van der Waals surface area contributed by atoms with Crippen molar-refractivity contribution in [2.24, 2.45) is 0 Å². The van der Waals surface area contributed by atoms with Crippen molar-refractivity contribution in [3.63, 3.8) is 0 Å². The lowest BCUT2D eigenvalue weighted by Gasteiger charge is -2.19. The molecule has 3 nitrogen and oxygen atoms in total. The Morgan fingerprint density at radius 2 is 2.17 bits per heavy atom.